The lowest BCUT2D eigenvalue weighted by atomic mass is 10.1. The van der Waals surface area contributed by atoms with E-state index in [4.69, 9.17) is 5.26 Å². The standard InChI is InChI=1S/C9H7NOS/c10-6-8-5-7-3-1-2-4-9(7)12(8)11/h1-4,8H,5H2. The van der Waals surface area contributed by atoms with Crippen LogP contribution < -0.4 is 0 Å². The van der Waals surface area contributed by atoms with Crippen LogP contribution in [0.5, 0.6) is 0 Å². The first kappa shape index (κ1) is 7.51. The van der Waals surface area contributed by atoms with Crippen LogP contribution in [0.25, 0.3) is 0 Å². The normalized spacial score (nSPS) is 26.2. The molecule has 0 saturated carbocycles. The van der Waals surface area contributed by atoms with E-state index in [2.05, 4.69) is 6.07 Å². The highest BCUT2D eigenvalue weighted by molar-refractivity contribution is 7.86. The third-order valence-electron chi connectivity index (χ3n) is 2.00. The summed E-state index contributed by atoms with van der Waals surface area (Å²) in [7, 11) is -1.10. The molecule has 2 unspecified atom stereocenters. The Kier molecular flexibility index (Phi) is 1.70. The van der Waals surface area contributed by atoms with Gasteiger partial charge in [-0.2, -0.15) is 5.26 Å². The van der Waals surface area contributed by atoms with Gasteiger partial charge in [0.2, 0.25) is 0 Å². The minimum Gasteiger partial charge on any atom is -0.253 e. The van der Waals surface area contributed by atoms with Crippen LogP contribution in [-0.4, -0.2) is 9.46 Å². The van der Waals surface area contributed by atoms with Crippen LogP contribution in [-0.2, 0) is 17.2 Å². The highest BCUT2D eigenvalue weighted by Crippen LogP contribution is 2.26. The fraction of sp³-hybridized carbons (Fsp3) is 0.222. The van der Waals surface area contributed by atoms with Crippen LogP contribution >= 0.6 is 0 Å². The average molecular weight is 177 g/mol. The summed E-state index contributed by atoms with van der Waals surface area (Å²) in [6, 6.07) is 9.60. The Morgan fingerprint density at radius 1 is 1.50 bits per heavy atom. The number of nitriles is 1. The molecule has 0 fully saturated rings. The van der Waals surface area contributed by atoms with Crippen molar-refractivity contribution in [2.45, 2.75) is 16.6 Å². The smallest absolute Gasteiger partial charge is 0.130 e. The van der Waals surface area contributed by atoms with Crippen molar-refractivity contribution in [2.24, 2.45) is 0 Å². The van der Waals surface area contributed by atoms with E-state index in [1.54, 1.807) is 0 Å². The van der Waals surface area contributed by atoms with Crippen molar-refractivity contribution in [3.8, 4) is 6.07 Å². The Bertz CT molecular complexity index is 380. The fourth-order valence-corrected chi connectivity index (χ4v) is 2.75. The van der Waals surface area contributed by atoms with Gasteiger partial charge in [-0.1, -0.05) is 18.2 Å². The monoisotopic (exact) mass is 177 g/mol. The molecule has 0 bridgehead atoms. The van der Waals surface area contributed by atoms with Gasteiger partial charge in [-0.05, 0) is 11.6 Å². The summed E-state index contributed by atoms with van der Waals surface area (Å²) in [6.45, 7) is 0. The van der Waals surface area contributed by atoms with Crippen LogP contribution in [0, 0.1) is 11.3 Å². The topological polar surface area (TPSA) is 40.9 Å². The van der Waals surface area contributed by atoms with Crippen molar-refractivity contribution >= 4 is 10.8 Å². The first-order valence-corrected chi connectivity index (χ1v) is 4.92. The predicted molar refractivity (Wildman–Crippen MR) is 46.0 cm³/mol. The van der Waals surface area contributed by atoms with Crippen LogP contribution in [0.15, 0.2) is 29.2 Å². The van der Waals surface area contributed by atoms with Crippen LogP contribution in [0.1, 0.15) is 5.56 Å². The van der Waals surface area contributed by atoms with Gasteiger partial charge in [-0.25, -0.2) is 0 Å². The maximum Gasteiger partial charge on any atom is 0.130 e. The van der Waals surface area contributed by atoms with Gasteiger partial charge in [0.05, 0.1) is 16.9 Å². The van der Waals surface area contributed by atoms with Gasteiger partial charge in [-0.3, -0.25) is 4.21 Å². The number of benzene rings is 1. The number of rotatable bonds is 0. The van der Waals surface area contributed by atoms with E-state index in [1.807, 2.05) is 24.3 Å². The molecule has 12 heavy (non-hydrogen) atoms. The van der Waals surface area contributed by atoms with Crippen LogP contribution in [0.2, 0.25) is 0 Å². The summed E-state index contributed by atoms with van der Waals surface area (Å²) in [4.78, 5) is 0.837. The maximum atomic E-state index is 11.5. The summed E-state index contributed by atoms with van der Waals surface area (Å²) in [5.41, 5.74) is 1.06. The largest absolute Gasteiger partial charge is 0.253 e. The zero-order chi connectivity index (χ0) is 8.55. The van der Waals surface area contributed by atoms with Gasteiger partial charge < -0.3 is 0 Å². The Labute approximate surface area is 73.3 Å². The lowest BCUT2D eigenvalue weighted by Gasteiger charge is -1.93. The molecule has 0 N–H and O–H groups in total. The van der Waals surface area contributed by atoms with Crippen molar-refractivity contribution in [3.63, 3.8) is 0 Å². The summed E-state index contributed by atoms with van der Waals surface area (Å²) in [5.74, 6) is 0. The first-order chi connectivity index (χ1) is 5.83. The quantitative estimate of drug-likeness (QED) is 0.598. The molecule has 3 heteroatoms. The van der Waals surface area contributed by atoms with E-state index >= 15 is 0 Å². The molecule has 1 heterocycles. The summed E-state index contributed by atoms with van der Waals surface area (Å²) < 4.78 is 11.5. The van der Waals surface area contributed by atoms with Crippen molar-refractivity contribution in [2.75, 3.05) is 0 Å². The third-order valence-corrected chi connectivity index (χ3v) is 3.62. The van der Waals surface area contributed by atoms with Gasteiger partial charge in [0, 0.05) is 11.3 Å². The van der Waals surface area contributed by atoms with Gasteiger partial charge in [0.1, 0.15) is 5.25 Å². The summed E-state index contributed by atoms with van der Waals surface area (Å²) in [6.07, 6.45) is 0.638. The Morgan fingerprint density at radius 2 is 2.25 bits per heavy atom. The molecule has 2 atom stereocenters. The molecule has 0 amide bonds. The Morgan fingerprint density at radius 3 is 2.92 bits per heavy atom. The number of hydrogen-bond acceptors (Lipinski definition) is 2. The summed E-state index contributed by atoms with van der Waals surface area (Å²) >= 11 is 0. The molecule has 60 valence electrons. The molecule has 0 radical (unpaired) electrons. The Hall–Kier alpha value is -1.14. The minimum absolute atomic E-state index is 0.331. The molecular weight excluding hydrogens is 170 g/mol. The molecular formula is C9H7NOS. The van der Waals surface area contributed by atoms with Gasteiger partial charge >= 0.3 is 0 Å². The Balaban J connectivity index is 2.51. The predicted octanol–water partition coefficient (Wildman–Crippen LogP) is 1.24. The van der Waals surface area contributed by atoms with Crippen molar-refractivity contribution in [1.29, 1.82) is 5.26 Å². The van der Waals surface area contributed by atoms with E-state index < -0.39 is 10.8 Å². The summed E-state index contributed by atoms with van der Waals surface area (Å²) in [5, 5.41) is 8.33. The molecule has 0 saturated heterocycles. The van der Waals surface area contributed by atoms with Crippen molar-refractivity contribution in [1.82, 2.24) is 0 Å². The van der Waals surface area contributed by atoms with Gasteiger partial charge in [0.15, 0.2) is 0 Å². The number of fused-ring (bicyclic) bond motifs is 1. The molecule has 1 aromatic carbocycles. The second-order valence-corrected chi connectivity index (χ2v) is 4.33. The highest BCUT2D eigenvalue weighted by Gasteiger charge is 2.28. The van der Waals surface area contributed by atoms with E-state index in [1.165, 1.54) is 0 Å². The molecule has 1 aliphatic heterocycles. The SMILES string of the molecule is N#CC1Cc2ccccc2S1=O. The van der Waals surface area contributed by atoms with E-state index in [0.29, 0.717) is 6.42 Å². The lowest BCUT2D eigenvalue weighted by molar-refractivity contribution is 0.682. The van der Waals surface area contributed by atoms with Crippen molar-refractivity contribution < 1.29 is 4.21 Å². The minimum atomic E-state index is -1.10. The van der Waals surface area contributed by atoms with Crippen LogP contribution in [0.4, 0.5) is 0 Å². The molecule has 0 aliphatic carbocycles. The first-order valence-electron chi connectivity index (χ1n) is 3.71. The van der Waals surface area contributed by atoms with Crippen molar-refractivity contribution in [3.05, 3.63) is 29.8 Å². The highest BCUT2D eigenvalue weighted by atomic mass is 32.2. The molecule has 2 nitrogen and oxygen atoms in total. The number of hydrogen-bond donors (Lipinski definition) is 0. The van der Waals surface area contributed by atoms with E-state index in [9.17, 15) is 4.21 Å². The second-order valence-electron chi connectivity index (χ2n) is 2.73. The fourth-order valence-electron chi connectivity index (χ4n) is 1.39. The zero-order valence-electron chi connectivity index (χ0n) is 6.36. The maximum absolute atomic E-state index is 11.5. The average Bonchev–Trinajstić information content (AvgIpc) is 2.44. The second kappa shape index (κ2) is 2.72. The van der Waals surface area contributed by atoms with Gasteiger partial charge in [-0.15, -0.1) is 0 Å². The zero-order valence-corrected chi connectivity index (χ0v) is 7.17. The number of nitrogens with zero attached hydrogens (tertiary/aromatic N) is 1. The molecule has 0 spiro atoms. The molecule has 2 rings (SSSR count). The third kappa shape index (κ3) is 0.961. The van der Waals surface area contributed by atoms with E-state index in [-0.39, 0.29) is 5.25 Å². The molecule has 1 aliphatic rings. The van der Waals surface area contributed by atoms with E-state index in [0.717, 1.165) is 10.5 Å². The van der Waals surface area contributed by atoms with Crippen LogP contribution in [0.3, 0.4) is 0 Å². The molecule has 0 aromatic heterocycles. The molecule has 1 aromatic rings. The van der Waals surface area contributed by atoms with Gasteiger partial charge in [0.25, 0.3) is 0 Å². The lowest BCUT2D eigenvalue weighted by Crippen LogP contribution is -2.06.